The lowest BCUT2D eigenvalue weighted by Crippen LogP contribution is -2.38. The standard InChI is InChI=1S/C11H23NO2S/c1-6-11(3,4)15-9(8-13)10(14)12(5)7-2/h9,13H,6-8H2,1-5H3. The highest BCUT2D eigenvalue weighted by atomic mass is 32.2. The molecule has 0 heterocycles. The second kappa shape index (κ2) is 6.38. The number of carbonyl (C=O) groups excluding carboxylic acids is 1. The summed E-state index contributed by atoms with van der Waals surface area (Å²) in [5, 5.41) is 8.90. The first kappa shape index (κ1) is 14.8. The van der Waals surface area contributed by atoms with E-state index in [2.05, 4.69) is 20.8 Å². The first-order chi connectivity index (χ1) is 6.87. The molecule has 0 saturated carbocycles. The van der Waals surface area contributed by atoms with Crippen molar-refractivity contribution in [2.45, 2.75) is 44.1 Å². The van der Waals surface area contributed by atoms with Crippen LogP contribution in [0.5, 0.6) is 0 Å². The summed E-state index contributed by atoms with van der Waals surface area (Å²) >= 11 is 1.56. The van der Waals surface area contributed by atoms with E-state index in [0.29, 0.717) is 6.54 Å². The molecule has 0 radical (unpaired) electrons. The van der Waals surface area contributed by atoms with E-state index in [1.54, 1.807) is 23.7 Å². The van der Waals surface area contributed by atoms with E-state index in [1.807, 2.05) is 6.92 Å². The van der Waals surface area contributed by atoms with Crippen molar-refractivity contribution >= 4 is 17.7 Å². The fraction of sp³-hybridized carbons (Fsp3) is 0.909. The second-order valence-electron chi connectivity index (χ2n) is 4.25. The molecule has 0 aromatic carbocycles. The van der Waals surface area contributed by atoms with Crippen LogP contribution in [0.15, 0.2) is 0 Å². The van der Waals surface area contributed by atoms with Crippen LogP contribution in [0.4, 0.5) is 0 Å². The van der Waals surface area contributed by atoms with Crippen LogP contribution < -0.4 is 0 Å². The van der Waals surface area contributed by atoms with Crippen molar-refractivity contribution in [3.8, 4) is 0 Å². The van der Waals surface area contributed by atoms with Crippen LogP contribution >= 0.6 is 11.8 Å². The van der Waals surface area contributed by atoms with Gasteiger partial charge in [-0.2, -0.15) is 0 Å². The van der Waals surface area contributed by atoms with Crippen LogP contribution in [-0.4, -0.2) is 46.1 Å². The number of nitrogens with zero attached hydrogens (tertiary/aromatic N) is 1. The van der Waals surface area contributed by atoms with Crippen LogP contribution in [0.1, 0.15) is 34.1 Å². The molecule has 0 aromatic heterocycles. The van der Waals surface area contributed by atoms with Gasteiger partial charge in [0.25, 0.3) is 0 Å². The zero-order valence-corrected chi connectivity index (χ0v) is 11.2. The number of hydrogen-bond acceptors (Lipinski definition) is 3. The van der Waals surface area contributed by atoms with Crippen molar-refractivity contribution in [2.75, 3.05) is 20.2 Å². The number of carbonyl (C=O) groups is 1. The molecule has 0 saturated heterocycles. The average Bonchev–Trinajstić information content (AvgIpc) is 2.23. The van der Waals surface area contributed by atoms with Gasteiger partial charge in [-0.3, -0.25) is 4.79 Å². The van der Waals surface area contributed by atoms with Crippen molar-refractivity contribution in [3.05, 3.63) is 0 Å². The molecular weight excluding hydrogens is 210 g/mol. The zero-order valence-electron chi connectivity index (χ0n) is 10.4. The minimum Gasteiger partial charge on any atom is -0.395 e. The molecule has 0 aliphatic heterocycles. The molecule has 1 N–H and O–H groups in total. The first-order valence-electron chi connectivity index (χ1n) is 5.41. The van der Waals surface area contributed by atoms with Gasteiger partial charge < -0.3 is 10.0 Å². The number of rotatable bonds is 6. The highest BCUT2D eigenvalue weighted by Crippen LogP contribution is 2.32. The third kappa shape index (κ3) is 4.89. The second-order valence-corrected chi connectivity index (χ2v) is 6.16. The number of amides is 1. The molecule has 4 heteroatoms. The van der Waals surface area contributed by atoms with Gasteiger partial charge in [0.2, 0.25) is 5.91 Å². The molecule has 0 aliphatic rings. The third-order valence-electron chi connectivity index (χ3n) is 2.60. The predicted molar refractivity (Wildman–Crippen MR) is 66.1 cm³/mol. The fourth-order valence-corrected chi connectivity index (χ4v) is 2.33. The van der Waals surface area contributed by atoms with Gasteiger partial charge in [-0.25, -0.2) is 0 Å². The van der Waals surface area contributed by atoms with Gasteiger partial charge in [-0.1, -0.05) is 20.8 Å². The molecule has 0 spiro atoms. The Labute approximate surface area is 97.2 Å². The van der Waals surface area contributed by atoms with Gasteiger partial charge in [-0.15, -0.1) is 11.8 Å². The Balaban J connectivity index is 4.43. The molecule has 1 atom stereocenters. The maximum Gasteiger partial charge on any atom is 0.237 e. The van der Waals surface area contributed by atoms with Crippen LogP contribution in [0.25, 0.3) is 0 Å². The molecule has 0 bridgehead atoms. The Morgan fingerprint density at radius 1 is 1.47 bits per heavy atom. The molecular formula is C11H23NO2S. The normalized spacial score (nSPS) is 13.7. The maximum absolute atomic E-state index is 11.8. The molecule has 90 valence electrons. The molecule has 15 heavy (non-hydrogen) atoms. The molecule has 0 aromatic rings. The topological polar surface area (TPSA) is 40.5 Å². The Morgan fingerprint density at radius 2 is 2.00 bits per heavy atom. The minimum atomic E-state index is -0.329. The minimum absolute atomic E-state index is 0.0199. The van der Waals surface area contributed by atoms with Crippen molar-refractivity contribution < 1.29 is 9.90 Å². The van der Waals surface area contributed by atoms with Crippen molar-refractivity contribution in [1.29, 1.82) is 0 Å². The van der Waals surface area contributed by atoms with E-state index < -0.39 is 0 Å². The van der Waals surface area contributed by atoms with E-state index >= 15 is 0 Å². The van der Waals surface area contributed by atoms with Gasteiger partial charge >= 0.3 is 0 Å². The number of aliphatic hydroxyl groups is 1. The summed E-state index contributed by atoms with van der Waals surface area (Å²) in [6.07, 6.45) is 0.983. The maximum atomic E-state index is 11.8. The summed E-state index contributed by atoms with van der Waals surface area (Å²) in [5.41, 5.74) is 0. The van der Waals surface area contributed by atoms with Gasteiger partial charge in [0, 0.05) is 18.3 Å². The lowest BCUT2D eigenvalue weighted by Gasteiger charge is -2.28. The Bertz CT molecular complexity index is 207. The molecule has 1 unspecified atom stereocenters. The summed E-state index contributed by atoms with van der Waals surface area (Å²) in [6.45, 7) is 8.82. The van der Waals surface area contributed by atoms with E-state index in [0.717, 1.165) is 6.42 Å². The molecule has 3 nitrogen and oxygen atoms in total. The quantitative estimate of drug-likeness (QED) is 0.760. The smallest absolute Gasteiger partial charge is 0.237 e. The van der Waals surface area contributed by atoms with Gasteiger partial charge in [-0.05, 0) is 13.3 Å². The lowest BCUT2D eigenvalue weighted by atomic mass is 10.1. The number of thioether (sulfide) groups is 1. The van der Waals surface area contributed by atoms with Gasteiger partial charge in [0.05, 0.1) is 6.61 Å². The van der Waals surface area contributed by atoms with Crippen LogP contribution in [0, 0.1) is 0 Å². The lowest BCUT2D eigenvalue weighted by molar-refractivity contribution is -0.129. The SMILES string of the molecule is CCN(C)C(=O)C(CO)SC(C)(C)CC. The van der Waals surface area contributed by atoms with Crippen molar-refractivity contribution in [2.24, 2.45) is 0 Å². The summed E-state index contributed by atoms with van der Waals surface area (Å²) in [6, 6.07) is 0. The van der Waals surface area contributed by atoms with Crippen molar-refractivity contribution in [3.63, 3.8) is 0 Å². The Kier molecular flexibility index (Phi) is 6.29. The molecule has 0 aliphatic carbocycles. The summed E-state index contributed by atoms with van der Waals surface area (Å²) in [4.78, 5) is 13.5. The Hall–Kier alpha value is -0.220. The highest BCUT2D eigenvalue weighted by molar-refractivity contribution is 8.01. The van der Waals surface area contributed by atoms with E-state index in [1.165, 1.54) is 0 Å². The van der Waals surface area contributed by atoms with E-state index in [9.17, 15) is 9.90 Å². The van der Waals surface area contributed by atoms with Gasteiger partial charge in [0.15, 0.2) is 0 Å². The monoisotopic (exact) mass is 233 g/mol. The zero-order chi connectivity index (χ0) is 12.1. The first-order valence-corrected chi connectivity index (χ1v) is 6.29. The van der Waals surface area contributed by atoms with E-state index in [4.69, 9.17) is 0 Å². The molecule has 0 fully saturated rings. The van der Waals surface area contributed by atoms with Crippen LogP contribution in [0.2, 0.25) is 0 Å². The molecule has 0 rings (SSSR count). The highest BCUT2D eigenvalue weighted by Gasteiger charge is 2.28. The summed E-state index contributed by atoms with van der Waals surface area (Å²) in [7, 11) is 1.77. The van der Waals surface area contributed by atoms with Crippen LogP contribution in [-0.2, 0) is 4.79 Å². The van der Waals surface area contributed by atoms with Crippen molar-refractivity contribution in [1.82, 2.24) is 4.90 Å². The van der Waals surface area contributed by atoms with Crippen LogP contribution in [0.3, 0.4) is 0 Å². The predicted octanol–water partition coefficient (Wildman–Crippen LogP) is 1.75. The number of aliphatic hydroxyl groups excluding tert-OH is 1. The third-order valence-corrected chi connectivity index (χ3v) is 4.17. The largest absolute Gasteiger partial charge is 0.395 e. The Morgan fingerprint density at radius 3 is 2.33 bits per heavy atom. The molecule has 1 amide bonds. The fourth-order valence-electron chi connectivity index (χ4n) is 1.04. The van der Waals surface area contributed by atoms with E-state index in [-0.39, 0.29) is 22.5 Å². The number of hydrogen-bond donors (Lipinski definition) is 1. The average molecular weight is 233 g/mol. The summed E-state index contributed by atoms with van der Waals surface area (Å²) in [5.74, 6) is 0.0199. The summed E-state index contributed by atoms with van der Waals surface area (Å²) < 4.78 is 0.0393. The van der Waals surface area contributed by atoms with Gasteiger partial charge in [0.1, 0.15) is 5.25 Å².